The Morgan fingerprint density at radius 3 is 2.48 bits per heavy atom. The zero-order valence-corrected chi connectivity index (χ0v) is 14.6. The summed E-state index contributed by atoms with van der Waals surface area (Å²) >= 11 is 0. The molecular formula is C20H15N7. The Labute approximate surface area is 155 Å². The van der Waals surface area contributed by atoms with E-state index in [1.54, 1.807) is 4.68 Å². The Kier molecular flexibility index (Phi) is 3.57. The second-order valence-corrected chi connectivity index (χ2v) is 6.30. The molecule has 1 aliphatic rings. The van der Waals surface area contributed by atoms with Gasteiger partial charge in [0.25, 0.3) is 0 Å². The summed E-state index contributed by atoms with van der Waals surface area (Å²) < 4.78 is 1.80. The molecule has 0 aliphatic carbocycles. The molecule has 0 N–H and O–H groups in total. The van der Waals surface area contributed by atoms with Crippen LogP contribution in [0.25, 0.3) is 33.2 Å². The molecule has 130 valence electrons. The Balaban J connectivity index is 1.59. The van der Waals surface area contributed by atoms with Crippen LogP contribution < -0.4 is 0 Å². The molecule has 0 amide bonds. The van der Waals surface area contributed by atoms with E-state index in [0.29, 0.717) is 12.5 Å². The molecule has 0 saturated heterocycles. The van der Waals surface area contributed by atoms with Crippen molar-refractivity contribution in [3.05, 3.63) is 66.9 Å². The van der Waals surface area contributed by atoms with Gasteiger partial charge in [0.2, 0.25) is 0 Å². The van der Waals surface area contributed by atoms with E-state index in [4.69, 9.17) is 4.98 Å². The van der Waals surface area contributed by atoms with E-state index in [9.17, 15) is 0 Å². The van der Waals surface area contributed by atoms with Gasteiger partial charge in [0, 0.05) is 42.2 Å². The van der Waals surface area contributed by atoms with Crippen LogP contribution >= 0.6 is 0 Å². The number of azo groups is 1. The largest absolute Gasteiger partial charge is 0.275 e. The summed E-state index contributed by atoms with van der Waals surface area (Å²) in [5, 5.41) is 13.2. The van der Waals surface area contributed by atoms with Crippen molar-refractivity contribution in [1.82, 2.24) is 19.7 Å². The first-order valence-corrected chi connectivity index (χ1v) is 8.54. The molecule has 1 aromatic carbocycles. The maximum Gasteiger partial charge on any atom is 0.197 e. The summed E-state index contributed by atoms with van der Waals surface area (Å²) in [4.78, 5) is 13.4. The van der Waals surface area contributed by atoms with Crippen molar-refractivity contribution in [3.63, 3.8) is 0 Å². The second kappa shape index (κ2) is 6.21. The number of pyridine rings is 2. The van der Waals surface area contributed by atoms with E-state index in [2.05, 4.69) is 49.6 Å². The van der Waals surface area contributed by atoms with E-state index >= 15 is 0 Å². The number of rotatable bonds is 3. The zero-order chi connectivity index (χ0) is 18.2. The van der Waals surface area contributed by atoms with Crippen LogP contribution in [-0.2, 0) is 7.05 Å². The molecule has 5 rings (SSSR count). The monoisotopic (exact) mass is 353 g/mol. The fourth-order valence-corrected chi connectivity index (χ4v) is 3.15. The van der Waals surface area contributed by atoms with Crippen molar-refractivity contribution in [2.24, 2.45) is 22.3 Å². The Morgan fingerprint density at radius 2 is 1.74 bits per heavy atom. The van der Waals surface area contributed by atoms with E-state index in [1.165, 1.54) is 0 Å². The number of hydrogen-bond acceptors (Lipinski definition) is 6. The van der Waals surface area contributed by atoms with Crippen LogP contribution in [0.1, 0.15) is 5.69 Å². The molecule has 1 aliphatic heterocycles. The molecule has 0 spiro atoms. The molecule has 4 aromatic rings. The lowest BCUT2D eigenvalue weighted by molar-refractivity contribution is 0.768. The van der Waals surface area contributed by atoms with Crippen LogP contribution in [0.15, 0.2) is 76.4 Å². The average Bonchev–Trinajstić information content (AvgIpc) is 3.39. The van der Waals surface area contributed by atoms with Gasteiger partial charge in [-0.2, -0.15) is 10.2 Å². The molecule has 7 nitrogen and oxygen atoms in total. The van der Waals surface area contributed by atoms with Crippen LogP contribution in [0, 0.1) is 0 Å². The van der Waals surface area contributed by atoms with Gasteiger partial charge < -0.3 is 0 Å². The number of fused-ring (bicyclic) bond motifs is 1. The smallest absolute Gasteiger partial charge is 0.197 e. The molecule has 0 atom stereocenters. The minimum absolute atomic E-state index is 0.369. The van der Waals surface area contributed by atoms with Crippen molar-refractivity contribution in [2.45, 2.75) is 0 Å². The van der Waals surface area contributed by atoms with Crippen LogP contribution in [0.5, 0.6) is 0 Å². The summed E-state index contributed by atoms with van der Waals surface area (Å²) in [5.74, 6) is 0.576. The van der Waals surface area contributed by atoms with Crippen molar-refractivity contribution >= 4 is 16.7 Å². The topological polar surface area (TPSA) is 80.7 Å². The number of nitrogens with zero attached hydrogens (tertiary/aromatic N) is 7. The Bertz CT molecular complexity index is 1200. The summed E-state index contributed by atoms with van der Waals surface area (Å²) in [5.41, 5.74) is 5.84. The van der Waals surface area contributed by atoms with Gasteiger partial charge >= 0.3 is 0 Å². The fourth-order valence-electron chi connectivity index (χ4n) is 3.15. The molecular weight excluding hydrogens is 338 g/mol. The summed E-state index contributed by atoms with van der Waals surface area (Å²) in [6.07, 6.45) is 7.52. The molecule has 4 heterocycles. The maximum atomic E-state index is 4.78. The van der Waals surface area contributed by atoms with E-state index in [1.807, 2.05) is 44.0 Å². The van der Waals surface area contributed by atoms with Crippen molar-refractivity contribution < 1.29 is 0 Å². The highest BCUT2D eigenvalue weighted by atomic mass is 15.3. The van der Waals surface area contributed by atoms with E-state index in [-0.39, 0.29) is 0 Å². The highest BCUT2D eigenvalue weighted by molar-refractivity contribution is 6.01. The molecule has 0 bridgehead atoms. The first kappa shape index (κ1) is 15.5. The third kappa shape index (κ3) is 2.79. The van der Waals surface area contributed by atoms with Gasteiger partial charge in [-0.05, 0) is 23.3 Å². The quantitative estimate of drug-likeness (QED) is 0.561. The fraction of sp³-hybridized carbons (Fsp3) is 0.100. The number of aryl methyl sites for hydroxylation is 1. The minimum Gasteiger partial charge on any atom is -0.275 e. The van der Waals surface area contributed by atoms with Gasteiger partial charge in [-0.1, -0.05) is 24.3 Å². The van der Waals surface area contributed by atoms with Gasteiger partial charge in [0.15, 0.2) is 12.5 Å². The van der Waals surface area contributed by atoms with Crippen LogP contribution in [0.4, 0.5) is 0 Å². The lowest BCUT2D eigenvalue weighted by atomic mass is 10.0. The summed E-state index contributed by atoms with van der Waals surface area (Å²) in [7, 11) is 1.91. The standard InChI is InChI=1S/C20H15N7/c1-27-11-16(9-24-27)13-2-4-14(5-3-13)17-10-21-8-15-6-7-18(25-19(15)17)20-22-12-23-26-20/h2-11H,12H2,1H3. The lowest BCUT2D eigenvalue weighted by Crippen LogP contribution is -1.99. The SMILES string of the molecule is Cn1cc(-c2ccc(-c3cncc4ccc(C5=NCN=N5)nc34)cc2)cn1. The third-order valence-corrected chi connectivity index (χ3v) is 4.51. The minimum atomic E-state index is 0.369. The first-order valence-electron chi connectivity index (χ1n) is 8.54. The third-order valence-electron chi connectivity index (χ3n) is 4.51. The van der Waals surface area contributed by atoms with Crippen molar-refractivity contribution in [2.75, 3.05) is 6.67 Å². The molecule has 7 heteroatoms. The average molecular weight is 353 g/mol. The van der Waals surface area contributed by atoms with Crippen LogP contribution in [0.3, 0.4) is 0 Å². The first-order chi connectivity index (χ1) is 13.3. The van der Waals surface area contributed by atoms with Crippen molar-refractivity contribution in [1.29, 1.82) is 0 Å². The van der Waals surface area contributed by atoms with Gasteiger partial charge in [0.05, 0.1) is 11.7 Å². The number of hydrogen-bond donors (Lipinski definition) is 0. The molecule has 0 saturated carbocycles. The highest BCUT2D eigenvalue weighted by Gasteiger charge is 2.12. The summed E-state index contributed by atoms with van der Waals surface area (Å²) in [6.45, 7) is 0.369. The molecule has 0 fully saturated rings. The predicted octanol–water partition coefficient (Wildman–Crippen LogP) is 3.87. The Morgan fingerprint density at radius 1 is 0.889 bits per heavy atom. The second-order valence-electron chi connectivity index (χ2n) is 6.30. The van der Waals surface area contributed by atoms with Crippen LogP contribution in [0.2, 0.25) is 0 Å². The van der Waals surface area contributed by atoms with Crippen molar-refractivity contribution in [3.8, 4) is 22.3 Å². The van der Waals surface area contributed by atoms with E-state index < -0.39 is 0 Å². The molecule has 0 unspecified atom stereocenters. The Hall–Kier alpha value is -3.74. The van der Waals surface area contributed by atoms with Gasteiger partial charge in [-0.25, -0.2) is 9.98 Å². The predicted molar refractivity (Wildman–Crippen MR) is 103 cm³/mol. The van der Waals surface area contributed by atoms with Gasteiger partial charge in [-0.15, -0.1) is 5.11 Å². The maximum absolute atomic E-state index is 4.78. The van der Waals surface area contributed by atoms with E-state index in [0.717, 1.165) is 38.9 Å². The number of aromatic nitrogens is 4. The number of benzene rings is 1. The number of aliphatic imine (C=N–C) groups is 1. The summed E-state index contributed by atoms with van der Waals surface area (Å²) in [6, 6.07) is 12.2. The zero-order valence-electron chi connectivity index (χ0n) is 14.6. The highest BCUT2D eigenvalue weighted by Crippen LogP contribution is 2.29. The molecule has 27 heavy (non-hydrogen) atoms. The van der Waals surface area contributed by atoms with Gasteiger partial charge in [-0.3, -0.25) is 9.67 Å². The number of amidine groups is 1. The molecule has 3 aromatic heterocycles. The van der Waals surface area contributed by atoms with Crippen LogP contribution in [-0.4, -0.2) is 32.3 Å². The lowest BCUT2D eigenvalue weighted by Gasteiger charge is -2.08. The van der Waals surface area contributed by atoms with Gasteiger partial charge in [0.1, 0.15) is 5.69 Å². The molecule has 0 radical (unpaired) electrons. The normalized spacial score (nSPS) is 13.3.